The zero-order valence-electron chi connectivity index (χ0n) is 12.2. The zero-order valence-corrected chi connectivity index (χ0v) is 13.0. The molecule has 1 aromatic rings. The lowest BCUT2D eigenvalue weighted by atomic mass is 9.86. The Hall–Kier alpha value is -1.73. The van der Waals surface area contributed by atoms with Crippen molar-refractivity contribution >= 4 is 29.1 Å². The first-order valence-electron chi connectivity index (χ1n) is 7.28. The van der Waals surface area contributed by atoms with Gasteiger partial charge in [0.15, 0.2) is 11.6 Å². The van der Waals surface area contributed by atoms with Crippen molar-refractivity contribution in [2.24, 2.45) is 5.92 Å². The number of amides is 2. The van der Waals surface area contributed by atoms with Gasteiger partial charge in [0.05, 0.1) is 0 Å². The number of hydrogen-bond donors (Lipinski definition) is 3. The maximum atomic E-state index is 13.6. The molecule has 0 aromatic heterocycles. The number of nitrogens with one attached hydrogen (secondary N) is 2. The third-order valence-corrected chi connectivity index (χ3v) is 4.11. The van der Waals surface area contributed by atoms with E-state index in [1.165, 1.54) is 0 Å². The van der Waals surface area contributed by atoms with Crippen molar-refractivity contribution in [1.29, 1.82) is 0 Å². The summed E-state index contributed by atoms with van der Waals surface area (Å²) < 4.78 is 27.2. The average Bonchev–Trinajstić information content (AvgIpc) is 2.51. The van der Waals surface area contributed by atoms with Crippen LogP contribution < -0.4 is 10.6 Å². The summed E-state index contributed by atoms with van der Waals surface area (Å²) >= 11 is 5.48. The molecule has 1 fully saturated rings. The molecule has 8 heteroatoms. The number of carbonyl (C=O) groups excluding carboxylic acids is 2. The number of benzene rings is 1. The molecule has 0 atom stereocenters. The molecule has 0 radical (unpaired) electrons. The second-order valence-electron chi connectivity index (χ2n) is 5.57. The number of halogens is 3. The summed E-state index contributed by atoms with van der Waals surface area (Å²) in [4.78, 5) is 23.6. The third kappa shape index (κ3) is 4.62. The fourth-order valence-electron chi connectivity index (χ4n) is 2.57. The predicted molar refractivity (Wildman–Crippen MR) is 81.0 cm³/mol. The summed E-state index contributed by atoms with van der Waals surface area (Å²) in [6.45, 7) is 0.107. The highest BCUT2D eigenvalue weighted by atomic mass is 35.5. The predicted octanol–water partition coefficient (Wildman–Crippen LogP) is 2.22. The molecule has 5 nitrogen and oxygen atoms in total. The minimum Gasteiger partial charge on any atom is -0.396 e. The number of carbonyl (C=O) groups is 2. The number of rotatable bonds is 3. The fourth-order valence-corrected chi connectivity index (χ4v) is 2.76. The van der Waals surface area contributed by atoms with Crippen LogP contribution in [-0.2, 0) is 9.59 Å². The van der Waals surface area contributed by atoms with E-state index in [4.69, 9.17) is 16.7 Å². The van der Waals surface area contributed by atoms with Crippen molar-refractivity contribution in [2.75, 3.05) is 11.9 Å². The van der Waals surface area contributed by atoms with E-state index in [2.05, 4.69) is 5.32 Å². The van der Waals surface area contributed by atoms with Crippen molar-refractivity contribution in [3.8, 4) is 0 Å². The van der Waals surface area contributed by atoms with Gasteiger partial charge in [-0.15, -0.1) is 0 Å². The number of aliphatic hydroxyl groups excluding tert-OH is 1. The molecule has 1 aliphatic rings. The lowest BCUT2D eigenvalue weighted by Gasteiger charge is -2.27. The van der Waals surface area contributed by atoms with E-state index in [0.717, 1.165) is 25.0 Å². The fraction of sp³-hybridized carbons (Fsp3) is 0.467. The van der Waals surface area contributed by atoms with Crippen molar-refractivity contribution in [2.45, 2.75) is 31.7 Å². The number of anilines is 1. The summed E-state index contributed by atoms with van der Waals surface area (Å²) in [5.74, 6) is -3.99. The molecule has 2 amide bonds. The van der Waals surface area contributed by atoms with Gasteiger partial charge in [-0.1, -0.05) is 11.6 Å². The molecule has 0 spiro atoms. The molecule has 0 bridgehead atoms. The second-order valence-corrected chi connectivity index (χ2v) is 6.01. The van der Waals surface area contributed by atoms with Crippen LogP contribution in [0.3, 0.4) is 0 Å². The van der Waals surface area contributed by atoms with Crippen LogP contribution in [0.25, 0.3) is 0 Å². The highest BCUT2D eigenvalue weighted by Crippen LogP contribution is 2.24. The molecule has 23 heavy (non-hydrogen) atoms. The topological polar surface area (TPSA) is 78.4 Å². The summed E-state index contributed by atoms with van der Waals surface area (Å²) in [7, 11) is 0. The molecule has 1 saturated carbocycles. The average molecular weight is 347 g/mol. The first kappa shape index (κ1) is 17.6. The Morgan fingerprint density at radius 2 is 1.70 bits per heavy atom. The van der Waals surface area contributed by atoms with E-state index >= 15 is 0 Å². The van der Waals surface area contributed by atoms with Gasteiger partial charge in [-0.05, 0) is 43.7 Å². The van der Waals surface area contributed by atoms with Crippen LogP contribution in [0.15, 0.2) is 12.1 Å². The van der Waals surface area contributed by atoms with Gasteiger partial charge >= 0.3 is 11.8 Å². The Morgan fingerprint density at radius 1 is 1.13 bits per heavy atom. The normalized spacial score (nSPS) is 20.9. The Morgan fingerprint density at radius 3 is 2.22 bits per heavy atom. The van der Waals surface area contributed by atoms with Crippen LogP contribution in [-0.4, -0.2) is 29.6 Å². The van der Waals surface area contributed by atoms with E-state index in [9.17, 15) is 18.4 Å². The van der Waals surface area contributed by atoms with Crippen LogP contribution in [0, 0.1) is 17.6 Å². The first-order chi connectivity index (χ1) is 10.9. The quantitative estimate of drug-likeness (QED) is 0.734. The van der Waals surface area contributed by atoms with Gasteiger partial charge < -0.3 is 15.7 Å². The largest absolute Gasteiger partial charge is 0.396 e. The lowest BCUT2D eigenvalue weighted by molar-refractivity contribution is -0.136. The molecule has 0 heterocycles. The Labute approximate surface area is 137 Å². The van der Waals surface area contributed by atoms with Gasteiger partial charge in [-0.3, -0.25) is 9.59 Å². The van der Waals surface area contributed by atoms with Gasteiger partial charge in [0.25, 0.3) is 0 Å². The molecule has 0 saturated heterocycles. The molecule has 0 aliphatic heterocycles. The lowest BCUT2D eigenvalue weighted by Crippen LogP contribution is -2.43. The highest BCUT2D eigenvalue weighted by molar-refractivity contribution is 6.39. The molecule has 1 aromatic carbocycles. The van der Waals surface area contributed by atoms with Gasteiger partial charge in [0.2, 0.25) is 0 Å². The Kier molecular flexibility index (Phi) is 5.90. The number of hydrogen-bond acceptors (Lipinski definition) is 3. The maximum absolute atomic E-state index is 13.6. The van der Waals surface area contributed by atoms with Crippen molar-refractivity contribution < 1.29 is 23.5 Å². The minimum atomic E-state index is -1.14. The van der Waals surface area contributed by atoms with Crippen molar-refractivity contribution in [1.82, 2.24) is 5.32 Å². The molecule has 1 aliphatic carbocycles. The summed E-state index contributed by atoms with van der Waals surface area (Å²) in [6.07, 6.45) is 2.80. The van der Waals surface area contributed by atoms with Crippen LogP contribution in [0.5, 0.6) is 0 Å². The monoisotopic (exact) mass is 346 g/mol. The molecular weight excluding hydrogens is 330 g/mol. The summed E-state index contributed by atoms with van der Waals surface area (Å²) in [6, 6.07) is 1.50. The van der Waals surface area contributed by atoms with Gasteiger partial charge in [0.1, 0.15) is 5.69 Å². The highest BCUT2D eigenvalue weighted by Gasteiger charge is 2.25. The Bertz CT molecular complexity index is 581. The van der Waals surface area contributed by atoms with Gasteiger partial charge in [0, 0.05) is 17.7 Å². The Balaban J connectivity index is 1.92. The van der Waals surface area contributed by atoms with Gasteiger partial charge in [-0.2, -0.15) is 0 Å². The van der Waals surface area contributed by atoms with Crippen LogP contribution >= 0.6 is 11.6 Å². The van der Waals surface area contributed by atoms with Crippen molar-refractivity contribution in [3.63, 3.8) is 0 Å². The van der Waals surface area contributed by atoms with Gasteiger partial charge in [-0.25, -0.2) is 8.78 Å². The molecule has 0 unspecified atom stereocenters. The van der Waals surface area contributed by atoms with E-state index in [-0.39, 0.29) is 23.6 Å². The second kappa shape index (κ2) is 7.70. The van der Waals surface area contributed by atoms with E-state index in [1.54, 1.807) is 0 Å². The van der Waals surface area contributed by atoms with Crippen LogP contribution in [0.1, 0.15) is 25.7 Å². The van der Waals surface area contributed by atoms with E-state index in [0.29, 0.717) is 12.8 Å². The van der Waals surface area contributed by atoms with E-state index < -0.39 is 29.1 Å². The smallest absolute Gasteiger partial charge is 0.313 e. The van der Waals surface area contributed by atoms with Crippen LogP contribution in [0.2, 0.25) is 5.02 Å². The molecular formula is C15H17ClF2N2O3. The molecule has 126 valence electrons. The molecule has 2 rings (SSSR count). The summed E-state index contributed by atoms with van der Waals surface area (Å²) in [5.41, 5.74) is -0.710. The standard InChI is InChI=1S/C15H17ClF2N2O3/c16-9-5-11(17)13(12(18)6-9)20-15(23)14(22)19-10-3-1-8(7-21)2-4-10/h5-6,8,10,21H,1-4,7H2,(H,19,22)(H,20,23). The minimum absolute atomic E-state index is 0.107. The third-order valence-electron chi connectivity index (χ3n) is 3.89. The van der Waals surface area contributed by atoms with Crippen LogP contribution in [0.4, 0.5) is 14.5 Å². The maximum Gasteiger partial charge on any atom is 0.313 e. The zero-order chi connectivity index (χ0) is 17.0. The molecule has 3 N–H and O–H groups in total. The first-order valence-corrected chi connectivity index (χ1v) is 7.65. The summed E-state index contributed by atoms with van der Waals surface area (Å²) in [5, 5.41) is 13.3. The SMILES string of the molecule is O=C(Nc1c(F)cc(Cl)cc1F)C(=O)NC1CCC(CO)CC1. The van der Waals surface area contributed by atoms with E-state index in [1.807, 2.05) is 5.32 Å². The number of aliphatic hydroxyl groups is 1. The van der Waals surface area contributed by atoms with Crippen molar-refractivity contribution in [3.05, 3.63) is 28.8 Å².